The van der Waals surface area contributed by atoms with Gasteiger partial charge in [0.1, 0.15) is 23.2 Å². The number of benzene rings is 2. The molecule has 1 aromatic heterocycles. The second-order valence-electron chi connectivity index (χ2n) is 5.73. The number of aromatic hydroxyl groups is 1. The lowest BCUT2D eigenvalue weighted by Gasteiger charge is -2.14. The van der Waals surface area contributed by atoms with Gasteiger partial charge in [0, 0.05) is 25.3 Å². The van der Waals surface area contributed by atoms with Crippen LogP contribution in [0.3, 0.4) is 0 Å². The van der Waals surface area contributed by atoms with Gasteiger partial charge < -0.3 is 15.7 Å². The molecule has 0 spiro atoms. The third-order valence-electron chi connectivity index (χ3n) is 3.85. The summed E-state index contributed by atoms with van der Waals surface area (Å²) in [5, 5.41) is 19.5. The van der Waals surface area contributed by atoms with Crippen molar-refractivity contribution in [2.24, 2.45) is 0 Å². The molecular formula is C19H17N5O. The van der Waals surface area contributed by atoms with Crippen LogP contribution in [0.25, 0.3) is 22.6 Å². The van der Waals surface area contributed by atoms with E-state index >= 15 is 0 Å². The fourth-order valence-electron chi connectivity index (χ4n) is 2.50. The van der Waals surface area contributed by atoms with E-state index in [2.05, 4.69) is 16.0 Å². The van der Waals surface area contributed by atoms with Crippen LogP contribution in [0.2, 0.25) is 0 Å². The molecule has 0 aliphatic heterocycles. The van der Waals surface area contributed by atoms with Gasteiger partial charge >= 0.3 is 0 Å². The zero-order valence-electron chi connectivity index (χ0n) is 13.9. The maximum absolute atomic E-state index is 10.0. The average Bonchev–Trinajstić information content (AvgIpc) is 2.61. The number of anilines is 2. The summed E-state index contributed by atoms with van der Waals surface area (Å²) >= 11 is 0. The molecule has 0 unspecified atom stereocenters. The molecule has 124 valence electrons. The number of nitriles is 1. The monoisotopic (exact) mass is 331 g/mol. The summed E-state index contributed by atoms with van der Waals surface area (Å²) in [7, 11) is 3.91. The number of phenolic OH excluding ortho intramolecular Hbond substituents is 1. The smallest absolute Gasteiger partial charge is 0.165 e. The highest BCUT2D eigenvalue weighted by Gasteiger charge is 2.16. The van der Waals surface area contributed by atoms with E-state index in [-0.39, 0.29) is 23.0 Å². The standard InChI is InChI=1S/C19H17N5O/c1-24(2)13-9-7-12(8-10-13)17-15(11-20)18(21)23-19(22-17)14-5-3-4-6-16(14)25/h3-10,25H,1-2H3,(H2,21,22,23). The molecule has 0 saturated heterocycles. The predicted octanol–water partition coefficient (Wildman–Crippen LogP) is 3.04. The van der Waals surface area contributed by atoms with Gasteiger partial charge in [0.15, 0.2) is 5.82 Å². The van der Waals surface area contributed by atoms with Gasteiger partial charge in [-0.05, 0) is 24.3 Å². The SMILES string of the molecule is CN(C)c1ccc(-c2nc(-c3ccccc3O)nc(N)c2C#N)cc1. The molecule has 3 aromatic rings. The van der Waals surface area contributed by atoms with Crippen LogP contribution in [0, 0.1) is 11.3 Å². The summed E-state index contributed by atoms with van der Waals surface area (Å²) in [5.74, 6) is 0.421. The summed E-state index contributed by atoms with van der Waals surface area (Å²) in [6.45, 7) is 0. The maximum atomic E-state index is 10.0. The number of para-hydroxylation sites is 1. The van der Waals surface area contributed by atoms with Gasteiger partial charge in [0.2, 0.25) is 0 Å². The first-order chi connectivity index (χ1) is 12.0. The second kappa shape index (κ2) is 6.49. The van der Waals surface area contributed by atoms with Gasteiger partial charge in [-0.2, -0.15) is 5.26 Å². The molecule has 3 rings (SSSR count). The molecular weight excluding hydrogens is 314 g/mol. The highest BCUT2D eigenvalue weighted by molar-refractivity contribution is 5.76. The normalized spacial score (nSPS) is 10.3. The quantitative estimate of drug-likeness (QED) is 0.765. The molecule has 0 fully saturated rings. The van der Waals surface area contributed by atoms with Crippen molar-refractivity contribution in [3.63, 3.8) is 0 Å². The van der Waals surface area contributed by atoms with Gasteiger partial charge in [0.25, 0.3) is 0 Å². The van der Waals surface area contributed by atoms with E-state index in [0.717, 1.165) is 11.3 Å². The molecule has 3 N–H and O–H groups in total. The van der Waals surface area contributed by atoms with Crippen molar-refractivity contribution in [2.75, 3.05) is 24.7 Å². The average molecular weight is 331 g/mol. The molecule has 0 aliphatic rings. The van der Waals surface area contributed by atoms with Crippen molar-refractivity contribution in [2.45, 2.75) is 0 Å². The number of aromatic nitrogens is 2. The van der Waals surface area contributed by atoms with Crippen LogP contribution in [0.4, 0.5) is 11.5 Å². The molecule has 0 amide bonds. The second-order valence-corrected chi connectivity index (χ2v) is 5.73. The molecule has 0 atom stereocenters. The van der Waals surface area contributed by atoms with Gasteiger partial charge in [-0.15, -0.1) is 0 Å². The fraction of sp³-hybridized carbons (Fsp3) is 0.105. The summed E-state index contributed by atoms with van der Waals surface area (Å²) in [5.41, 5.74) is 8.89. The molecule has 25 heavy (non-hydrogen) atoms. The predicted molar refractivity (Wildman–Crippen MR) is 98.0 cm³/mol. The minimum absolute atomic E-state index is 0.0560. The van der Waals surface area contributed by atoms with Crippen LogP contribution in [0.5, 0.6) is 5.75 Å². The van der Waals surface area contributed by atoms with Crippen molar-refractivity contribution >= 4 is 11.5 Å². The molecule has 2 aromatic carbocycles. The fourth-order valence-corrected chi connectivity index (χ4v) is 2.50. The van der Waals surface area contributed by atoms with Gasteiger partial charge in [-0.25, -0.2) is 9.97 Å². The van der Waals surface area contributed by atoms with Gasteiger partial charge in [-0.1, -0.05) is 24.3 Å². The number of nitrogens with zero attached hydrogens (tertiary/aromatic N) is 4. The molecule has 0 radical (unpaired) electrons. The highest BCUT2D eigenvalue weighted by Crippen LogP contribution is 2.32. The Morgan fingerprint density at radius 3 is 2.32 bits per heavy atom. The first-order valence-electron chi connectivity index (χ1n) is 7.65. The third kappa shape index (κ3) is 3.08. The number of nitrogen functional groups attached to an aromatic ring is 1. The summed E-state index contributed by atoms with van der Waals surface area (Å²) < 4.78 is 0. The number of phenols is 1. The van der Waals surface area contributed by atoms with Crippen molar-refractivity contribution in [1.82, 2.24) is 9.97 Å². The van der Waals surface area contributed by atoms with Gasteiger partial charge in [-0.3, -0.25) is 0 Å². The lowest BCUT2D eigenvalue weighted by molar-refractivity contribution is 0.477. The highest BCUT2D eigenvalue weighted by atomic mass is 16.3. The molecule has 0 bridgehead atoms. The Labute approximate surface area is 145 Å². The Bertz CT molecular complexity index is 959. The van der Waals surface area contributed by atoms with E-state index in [1.807, 2.05) is 43.3 Å². The van der Waals surface area contributed by atoms with E-state index in [0.29, 0.717) is 11.3 Å². The van der Waals surface area contributed by atoms with Crippen LogP contribution in [0.1, 0.15) is 5.56 Å². The minimum Gasteiger partial charge on any atom is -0.507 e. The van der Waals surface area contributed by atoms with Crippen molar-refractivity contribution in [3.05, 3.63) is 54.1 Å². The van der Waals surface area contributed by atoms with Crippen LogP contribution in [-0.4, -0.2) is 29.2 Å². The Hall–Kier alpha value is -3.59. The summed E-state index contributed by atoms with van der Waals surface area (Å²) in [6.07, 6.45) is 0. The summed E-state index contributed by atoms with van der Waals surface area (Å²) in [4.78, 5) is 10.7. The van der Waals surface area contributed by atoms with Crippen molar-refractivity contribution in [3.8, 4) is 34.5 Å². The number of rotatable bonds is 3. The minimum atomic E-state index is 0.0560. The number of nitrogens with two attached hydrogens (primary N) is 1. The largest absolute Gasteiger partial charge is 0.507 e. The van der Waals surface area contributed by atoms with E-state index < -0.39 is 0 Å². The topological polar surface area (TPSA) is 99.1 Å². The lowest BCUT2D eigenvalue weighted by Crippen LogP contribution is -2.08. The Morgan fingerprint density at radius 1 is 1.04 bits per heavy atom. The van der Waals surface area contributed by atoms with Crippen LogP contribution in [-0.2, 0) is 0 Å². The first kappa shape index (κ1) is 16.3. The molecule has 0 saturated carbocycles. The molecule has 6 nitrogen and oxygen atoms in total. The molecule has 1 heterocycles. The Balaban J connectivity index is 2.18. The van der Waals surface area contributed by atoms with Crippen LogP contribution >= 0.6 is 0 Å². The zero-order valence-corrected chi connectivity index (χ0v) is 13.9. The third-order valence-corrected chi connectivity index (χ3v) is 3.85. The Morgan fingerprint density at radius 2 is 1.72 bits per heavy atom. The first-order valence-corrected chi connectivity index (χ1v) is 7.65. The Kier molecular flexibility index (Phi) is 4.23. The van der Waals surface area contributed by atoms with Crippen LogP contribution in [0.15, 0.2) is 48.5 Å². The number of hydrogen-bond donors (Lipinski definition) is 2. The molecule has 0 aliphatic carbocycles. The van der Waals surface area contributed by atoms with Crippen molar-refractivity contribution < 1.29 is 5.11 Å². The van der Waals surface area contributed by atoms with Crippen molar-refractivity contribution in [1.29, 1.82) is 5.26 Å². The van der Waals surface area contributed by atoms with Gasteiger partial charge in [0.05, 0.1) is 11.3 Å². The van der Waals surface area contributed by atoms with E-state index in [9.17, 15) is 10.4 Å². The van der Waals surface area contributed by atoms with E-state index in [1.54, 1.807) is 24.3 Å². The zero-order chi connectivity index (χ0) is 18.0. The van der Waals surface area contributed by atoms with E-state index in [4.69, 9.17) is 5.73 Å². The van der Waals surface area contributed by atoms with Crippen LogP contribution < -0.4 is 10.6 Å². The summed E-state index contributed by atoms with van der Waals surface area (Å²) in [6, 6.07) is 16.5. The van der Waals surface area contributed by atoms with E-state index in [1.165, 1.54) is 0 Å². The molecule has 6 heteroatoms. The number of hydrogen-bond acceptors (Lipinski definition) is 6. The lowest BCUT2D eigenvalue weighted by atomic mass is 10.1. The maximum Gasteiger partial charge on any atom is 0.165 e.